The van der Waals surface area contributed by atoms with Crippen LogP contribution in [-0.4, -0.2) is 0 Å². The average Bonchev–Trinajstić information content (AvgIpc) is 3.25. The predicted octanol–water partition coefficient (Wildman–Crippen LogP) is 14.8. The van der Waals surface area contributed by atoms with Crippen LogP contribution in [0.1, 0.15) is 37.5 Å². The van der Waals surface area contributed by atoms with Gasteiger partial charge in [-0.2, -0.15) is 0 Å². The monoisotopic (exact) mass is 762 g/mol. The zero-order valence-corrected chi connectivity index (χ0v) is 33.8. The Morgan fingerprint density at radius 3 is 1.44 bits per heavy atom. The lowest BCUT2D eigenvalue weighted by atomic mass is 9.73. The molecule has 0 saturated heterocycles. The summed E-state index contributed by atoms with van der Waals surface area (Å²) in [6.45, 7) is 17.0. The molecule has 5 heteroatoms. The van der Waals surface area contributed by atoms with E-state index in [1.165, 1.54) is 43.7 Å². The molecular formula is C52H50N4S. The molecule has 0 spiro atoms. The molecule has 3 N–H and O–H groups in total. The summed E-state index contributed by atoms with van der Waals surface area (Å²) < 4.78 is 0. The minimum atomic E-state index is -0.0759. The van der Waals surface area contributed by atoms with Gasteiger partial charge >= 0.3 is 0 Å². The molecule has 0 radical (unpaired) electrons. The molecule has 0 aliphatic carbocycles. The molecule has 0 atom stereocenters. The van der Waals surface area contributed by atoms with Crippen molar-refractivity contribution >= 4 is 57.3 Å². The predicted molar refractivity (Wildman–Crippen MR) is 249 cm³/mol. The number of allylic oxidation sites excluding steroid dienone is 7. The van der Waals surface area contributed by atoms with Crippen LogP contribution in [0, 0.1) is 0 Å². The van der Waals surface area contributed by atoms with Gasteiger partial charge in [-0.15, -0.1) is 0 Å². The summed E-state index contributed by atoms with van der Waals surface area (Å²) in [6, 6.07) is 51.6. The third-order valence-corrected chi connectivity index (χ3v) is 10.9. The summed E-state index contributed by atoms with van der Waals surface area (Å²) in [4.78, 5) is 7.18. The lowest BCUT2D eigenvalue weighted by Crippen LogP contribution is -2.30. The molecule has 0 bridgehead atoms. The van der Waals surface area contributed by atoms with E-state index < -0.39 is 0 Å². The first-order valence-electron chi connectivity index (χ1n) is 19.0. The van der Waals surface area contributed by atoms with Crippen LogP contribution < -0.4 is 20.9 Å². The highest BCUT2D eigenvalue weighted by molar-refractivity contribution is 7.99. The number of hydrogen-bond acceptors (Lipinski definition) is 5. The van der Waals surface area contributed by atoms with Crippen LogP contribution in [0.2, 0.25) is 0 Å². The molecule has 0 saturated carbocycles. The fourth-order valence-corrected chi connectivity index (χ4v) is 8.04. The quantitative estimate of drug-likeness (QED) is 0.151. The lowest BCUT2D eigenvalue weighted by molar-refractivity contribution is 0.632. The third-order valence-electron chi connectivity index (χ3n) is 9.76. The maximum atomic E-state index is 6.58. The van der Waals surface area contributed by atoms with Gasteiger partial charge in [0.25, 0.3) is 0 Å². The van der Waals surface area contributed by atoms with Crippen molar-refractivity contribution < 1.29 is 0 Å². The lowest BCUT2D eigenvalue weighted by Gasteiger charge is -2.42. The topological polar surface area (TPSA) is 44.5 Å². The molecule has 0 unspecified atom stereocenters. The SMILES string of the molecule is C=C/C=C\C.C=C/C=C\C=C.CC1(C)c2ccccc2N(c2ccc(N/C=C(\N)c3ccc(N4c5ccccc5Sc5ccccc54)cc3)cc2)c2ccccc21. The van der Waals surface area contributed by atoms with E-state index in [1.807, 2.05) is 49.2 Å². The number of fused-ring (bicyclic) bond motifs is 4. The van der Waals surface area contributed by atoms with Gasteiger partial charge in [0.2, 0.25) is 0 Å². The molecule has 0 amide bonds. The molecule has 2 aliphatic heterocycles. The maximum Gasteiger partial charge on any atom is 0.0601 e. The van der Waals surface area contributed by atoms with Crippen molar-refractivity contribution in [2.24, 2.45) is 5.73 Å². The Hall–Kier alpha value is -6.69. The first-order valence-corrected chi connectivity index (χ1v) is 19.9. The van der Waals surface area contributed by atoms with E-state index in [2.05, 4.69) is 194 Å². The first kappa shape index (κ1) is 40.0. The molecule has 0 fully saturated rings. The van der Waals surface area contributed by atoms with Crippen LogP contribution in [0.3, 0.4) is 0 Å². The van der Waals surface area contributed by atoms with Crippen molar-refractivity contribution in [1.29, 1.82) is 0 Å². The third kappa shape index (κ3) is 8.91. The Morgan fingerprint density at radius 1 is 0.561 bits per heavy atom. The summed E-state index contributed by atoms with van der Waals surface area (Å²) in [5.41, 5.74) is 18.8. The number of rotatable bonds is 8. The van der Waals surface area contributed by atoms with Gasteiger partial charge in [-0.25, -0.2) is 0 Å². The zero-order chi connectivity index (χ0) is 40.2. The van der Waals surface area contributed by atoms with Gasteiger partial charge in [-0.1, -0.05) is 161 Å². The van der Waals surface area contributed by atoms with Gasteiger partial charge in [0.15, 0.2) is 0 Å². The summed E-state index contributed by atoms with van der Waals surface area (Å²) in [7, 11) is 0. The molecule has 0 aromatic heterocycles. The summed E-state index contributed by atoms with van der Waals surface area (Å²) in [6.07, 6.45) is 14.5. The van der Waals surface area contributed by atoms with E-state index in [0.717, 1.165) is 22.6 Å². The molecule has 57 heavy (non-hydrogen) atoms. The van der Waals surface area contributed by atoms with E-state index in [0.29, 0.717) is 5.70 Å². The highest BCUT2D eigenvalue weighted by atomic mass is 32.2. The Balaban J connectivity index is 0.000000442. The number of para-hydroxylation sites is 4. The van der Waals surface area contributed by atoms with Gasteiger partial charge in [0, 0.05) is 38.5 Å². The van der Waals surface area contributed by atoms with E-state index in [-0.39, 0.29) is 5.41 Å². The van der Waals surface area contributed by atoms with Gasteiger partial charge < -0.3 is 20.9 Å². The van der Waals surface area contributed by atoms with E-state index in [4.69, 9.17) is 5.73 Å². The van der Waals surface area contributed by atoms with E-state index in [9.17, 15) is 0 Å². The molecule has 6 aromatic carbocycles. The number of nitrogens with one attached hydrogen (secondary N) is 1. The van der Waals surface area contributed by atoms with Crippen molar-refractivity contribution in [2.75, 3.05) is 15.1 Å². The molecule has 2 aliphatic rings. The number of hydrogen-bond donors (Lipinski definition) is 2. The molecular weight excluding hydrogens is 713 g/mol. The molecule has 4 nitrogen and oxygen atoms in total. The second-order valence-corrected chi connectivity index (χ2v) is 14.9. The zero-order valence-electron chi connectivity index (χ0n) is 33.0. The van der Waals surface area contributed by atoms with Crippen LogP contribution in [0.15, 0.2) is 224 Å². The normalized spacial score (nSPS) is 13.4. The molecule has 284 valence electrons. The molecule has 8 rings (SSSR count). The largest absolute Gasteiger partial charge is 0.397 e. The van der Waals surface area contributed by atoms with Gasteiger partial charge in [-0.3, -0.25) is 0 Å². The van der Waals surface area contributed by atoms with Crippen LogP contribution in [-0.2, 0) is 5.41 Å². The number of benzene rings is 6. The fraction of sp³-hybridized carbons (Fsp3) is 0.0769. The highest BCUT2D eigenvalue weighted by Gasteiger charge is 2.36. The van der Waals surface area contributed by atoms with Gasteiger partial charge in [-0.05, 0) is 96.4 Å². The Bertz CT molecular complexity index is 2310. The number of nitrogens with two attached hydrogens (primary N) is 1. The van der Waals surface area contributed by atoms with Gasteiger partial charge in [0.05, 0.1) is 28.4 Å². The van der Waals surface area contributed by atoms with Gasteiger partial charge in [0.1, 0.15) is 0 Å². The van der Waals surface area contributed by atoms with Crippen molar-refractivity contribution in [3.05, 3.63) is 231 Å². The number of nitrogens with zero attached hydrogens (tertiary/aromatic N) is 2. The van der Waals surface area contributed by atoms with E-state index in [1.54, 1.807) is 18.2 Å². The summed E-state index contributed by atoms with van der Waals surface area (Å²) in [5, 5.41) is 3.41. The maximum absolute atomic E-state index is 6.58. The number of anilines is 7. The fourth-order valence-electron chi connectivity index (χ4n) is 6.98. The Morgan fingerprint density at radius 2 is 0.982 bits per heavy atom. The standard InChI is InChI=1S/C41H34N4S.C6H8.C5H8/c1-41(2)32-11-3-5-13-35(32)44(36-14-6-4-12-33(36)41)31-25-21-29(22-26-31)43-27-34(42)28-19-23-30(24-20-28)45-37-15-7-9-17-39(37)46-40-18-10-8-16-38(40)45;1-3-5-6-4-2;1-3-5-4-2/h3-27,43H,42H2,1-2H3;3-6H,1-2H2;3-5H,1H2,2H3/b34-27-;6-5-;5-4-. The van der Waals surface area contributed by atoms with E-state index >= 15 is 0 Å². The molecule has 2 heterocycles. The van der Waals surface area contributed by atoms with Crippen LogP contribution in [0.5, 0.6) is 0 Å². The van der Waals surface area contributed by atoms with Crippen LogP contribution >= 0.6 is 11.8 Å². The second-order valence-electron chi connectivity index (χ2n) is 13.8. The average molecular weight is 763 g/mol. The Labute approximate surface area is 343 Å². The summed E-state index contributed by atoms with van der Waals surface area (Å²) >= 11 is 1.81. The Kier molecular flexibility index (Phi) is 13.2. The minimum Gasteiger partial charge on any atom is -0.397 e. The highest BCUT2D eigenvalue weighted by Crippen LogP contribution is 2.52. The van der Waals surface area contributed by atoms with Crippen molar-refractivity contribution in [2.45, 2.75) is 36.0 Å². The first-order chi connectivity index (χ1) is 27.8. The van der Waals surface area contributed by atoms with Crippen molar-refractivity contribution in [3.8, 4) is 0 Å². The minimum absolute atomic E-state index is 0.0759. The smallest absolute Gasteiger partial charge is 0.0601 e. The van der Waals surface area contributed by atoms with Crippen LogP contribution in [0.4, 0.5) is 39.8 Å². The van der Waals surface area contributed by atoms with Crippen molar-refractivity contribution in [3.63, 3.8) is 0 Å². The molecule has 6 aromatic rings. The van der Waals surface area contributed by atoms with Crippen LogP contribution in [0.25, 0.3) is 5.70 Å². The second kappa shape index (κ2) is 18.8. The summed E-state index contributed by atoms with van der Waals surface area (Å²) in [5.74, 6) is 0. The van der Waals surface area contributed by atoms with Crippen molar-refractivity contribution in [1.82, 2.24) is 0 Å².